The van der Waals surface area contributed by atoms with E-state index in [1.54, 1.807) is 24.3 Å². The van der Waals surface area contributed by atoms with E-state index in [0.717, 1.165) is 22.4 Å². The molecular formula is C23H25NO3S. The van der Waals surface area contributed by atoms with Gasteiger partial charge in [0.25, 0.3) is 0 Å². The molecule has 0 unspecified atom stereocenters. The third kappa shape index (κ3) is 5.21. The van der Waals surface area contributed by atoms with E-state index in [9.17, 15) is 8.42 Å². The second kappa shape index (κ2) is 9.04. The van der Waals surface area contributed by atoms with Gasteiger partial charge in [-0.05, 0) is 43.2 Å². The Morgan fingerprint density at radius 2 is 1.50 bits per heavy atom. The molecule has 1 atom stereocenters. The Bertz CT molecular complexity index is 1000. The Morgan fingerprint density at radius 3 is 2.18 bits per heavy atom. The molecule has 146 valence electrons. The topological polar surface area (TPSA) is 55.4 Å². The molecule has 0 amide bonds. The minimum absolute atomic E-state index is 0.263. The zero-order valence-electron chi connectivity index (χ0n) is 16.1. The molecule has 0 aliphatic rings. The van der Waals surface area contributed by atoms with Crippen LogP contribution in [0.4, 0.5) is 0 Å². The highest BCUT2D eigenvalue weighted by Gasteiger charge is 2.21. The van der Waals surface area contributed by atoms with E-state index in [-0.39, 0.29) is 10.9 Å². The van der Waals surface area contributed by atoms with Gasteiger partial charge in [-0.3, -0.25) is 0 Å². The summed E-state index contributed by atoms with van der Waals surface area (Å²) in [7, 11) is -3.63. The highest BCUT2D eigenvalue weighted by atomic mass is 32.2. The molecule has 0 spiro atoms. The van der Waals surface area contributed by atoms with Gasteiger partial charge >= 0.3 is 0 Å². The third-order valence-electron chi connectivity index (χ3n) is 4.59. The van der Waals surface area contributed by atoms with Gasteiger partial charge in [0.2, 0.25) is 10.0 Å². The number of sulfonamides is 1. The first-order valence-electron chi connectivity index (χ1n) is 9.28. The fraction of sp³-hybridized carbons (Fsp3) is 0.217. The van der Waals surface area contributed by atoms with Crippen LogP contribution in [-0.4, -0.2) is 15.0 Å². The first kappa shape index (κ1) is 20.1. The van der Waals surface area contributed by atoms with Crippen LogP contribution < -0.4 is 9.46 Å². The fourth-order valence-electron chi connectivity index (χ4n) is 2.96. The molecule has 3 rings (SSSR count). The minimum atomic E-state index is -3.63. The highest BCUT2D eigenvalue weighted by molar-refractivity contribution is 7.89. The van der Waals surface area contributed by atoms with Crippen molar-refractivity contribution in [3.8, 4) is 5.75 Å². The van der Waals surface area contributed by atoms with Crippen LogP contribution in [0.3, 0.4) is 0 Å². The van der Waals surface area contributed by atoms with Gasteiger partial charge < -0.3 is 4.74 Å². The lowest BCUT2D eigenvalue weighted by molar-refractivity contribution is 0.292. The lowest BCUT2D eigenvalue weighted by atomic mass is 10.1. The molecule has 3 aromatic rings. The van der Waals surface area contributed by atoms with Crippen molar-refractivity contribution in [2.24, 2.45) is 0 Å². The number of benzene rings is 3. The molecule has 0 heterocycles. The number of aryl methyl sites for hydroxylation is 2. The third-order valence-corrected chi connectivity index (χ3v) is 6.08. The highest BCUT2D eigenvalue weighted by Crippen LogP contribution is 2.22. The summed E-state index contributed by atoms with van der Waals surface area (Å²) in [4.78, 5) is 0.263. The van der Waals surface area contributed by atoms with Crippen molar-refractivity contribution in [2.75, 3.05) is 6.61 Å². The predicted octanol–water partition coefficient (Wildman–Crippen LogP) is 4.79. The number of hydrogen-bond acceptors (Lipinski definition) is 3. The van der Waals surface area contributed by atoms with Crippen molar-refractivity contribution >= 4 is 10.0 Å². The molecule has 0 saturated heterocycles. The summed E-state index contributed by atoms with van der Waals surface area (Å²) < 4.78 is 34.5. The number of para-hydroxylation sites is 1. The smallest absolute Gasteiger partial charge is 0.241 e. The van der Waals surface area contributed by atoms with Crippen molar-refractivity contribution in [3.63, 3.8) is 0 Å². The van der Waals surface area contributed by atoms with E-state index in [1.165, 1.54) is 0 Å². The number of hydrogen-bond donors (Lipinski definition) is 1. The Morgan fingerprint density at radius 1 is 0.857 bits per heavy atom. The Kier molecular flexibility index (Phi) is 6.49. The van der Waals surface area contributed by atoms with Crippen molar-refractivity contribution in [3.05, 3.63) is 95.6 Å². The van der Waals surface area contributed by atoms with Crippen LogP contribution in [0.15, 0.2) is 83.8 Å². The van der Waals surface area contributed by atoms with Crippen molar-refractivity contribution in [2.45, 2.75) is 31.2 Å². The van der Waals surface area contributed by atoms with E-state index in [1.807, 2.05) is 68.4 Å². The van der Waals surface area contributed by atoms with E-state index in [0.29, 0.717) is 13.0 Å². The molecule has 1 N–H and O–H groups in total. The summed E-state index contributed by atoms with van der Waals surface area (Å²) in [5.74, 6) is 0.815. The van der Waals surface area contributed by atoms with Gasteiger partial charge in [0.15, 0.2) is 0 Å². The number of rotatable bonds is 8. The van der Waals surface area contributed by atoms with Crippen LogP contribution in [0, 0.1) is 13.8 Å². The molecule has 0 aliphatic carbocycles. The van der Waals surface area contributed by atoms with Gasteiger partial charge in [-0.2, -0.15) is 0 Å². The second-order valence-corrected chi connectivity index (χ2v) is 8.51. The van der Waals surface area contributed by atoms with Crippen molar-refractivity contribution in [1.29, 1.82) is 0 Å². The summed E-state index contributed by atoms with van der Waals surface area (Å²) in [5.41, 5.74) is 2.98. The van der Waals surface area contributed by atoms with Crippen LogP contribution >= 0.6 is 0 Å². The number of ether oxygens (including phenoxy) is 1. The molecule has 4 nitrogen and oxygen atoms in total. The molecule has 0 saturated carbocycles. The maximum Gasteiger partial charge on any atom is 0.241 e. The number of nitrogens with one attached hydrogen (secondary N) is 1. The molecule has 0 aromatic heterocycles. The maximum atomic E-state index is 12.9. The largest absolute Gasteiger partial charge is 0.493 e. The average Bonchev–Trinajstić information content (AvgIpc) is 2.69. The van der Waals surface area contributed by atoms with E-state index in [2.05, 4.69) is 4.72 Å². The Hall–Kier alpha value is -2.63. The predicted molar refractivity (Wildman–Crippen MR) is 112 cm³/mol. The quantitative estimate of drug-likeness (QED) is 0.596. The normalized spacial score (nSPS) is 12.5. The lowest BCUT2D eigenvalue weighted by Gasteiger charge is -2.20. The zero-order chi connectivity index (χ0) is 20.0. The lowest BCUT2D eigenvalue weighted by Crippen LogP contribution is -2.30. The average molecular weight is 396 g/mol. The van der Waals surface area contributed by atoms with Crippen molar-refractivity contribution in [1.82, 2.24) is 4.72 Å². The van der Waals surface area contributed by atoms with E-state index < -0.39 is 10.0 Å². The Balaban J connectivity index is 1.76. The van der Waals surface area contributed by atoms with Crippen LogP contribution in [0.25, 0.3) is 0 Å². The summed E-state index contributed by atoms with van der Waals surface area (Å²) in [6, 6.07) is 23.9. The van der Waals surface area contributed by atoms with Gasteiger partial charge in [0.1, 0.15) is 5.75 Å². The van der Waals surface area contributed by atoms with E-state index >= 15 is 0 Å². The summed E-state index contributed by atoms with van der Waals surface area (Å²) >= 11 is 0. The molecule has 0 radical (unpaired) electrons. The standard InChI is InChI=1S/C23H25NO3S/c1-18-12-14-21(15-13-18)28(25,26)24-22(20-9-4-3-5-10-20)16-17-27-23-11-7-6-8-19(23)2/h3-15,22,24H,16-17H2,1-2H3/t22-/m0/s1. The van der Waals surface area contributed by atoms with Gasteiger partial charge in [-0.25, -0.2) is 13.1 Å². The molecular weight excluding hydrogens is 370 g/mol. The first-order valence-corrected chi connectivity index (χ1v) is 10.8. The summed E-state index contributed by atoms with van der Waals surface area (Å²) in [5, 5.41) is 0. The molecule has 0 fully saturated rings. The maximum absolute atomic E-state index is 12.9. The summed E-state index contributed by atoms with van der Waals surface area (Å²) in [6.45, 7) is 4.32. The van der Waals surface area contributed by atoms with Crippen LogP contribution in [-0.2, 0) is 10.0 Å². The van der Waals surface area contributed by atoms with Crippen LogP contribution in [0.2, 0.25) is 0 Å². The minimum Gasteiger partial charge on any atom is -0.493 e. The molecule has 0 aliphatic heterocycles. The summed E-state index contributed by atoms with van der Waals surface area (Å²) in [6.07, 6.45) is 0.517. The van der Waals surface area contributed by atoms with Crippen LogP contribution in [0.5, 0.6) is 5.75 Å². The fourth-order valence-corrected chi connectivity index (χ4v) is 4.22. The van der Waals surface area contributed by atoms with Crippen LogP contribution in [0.1, 0.15) is 29.2 Å². The molecule has 28 heavy (non-hydrogen) atoms. The van der Waals surface area contributed by atoms with Gasteiger partial charge in [0.05, 0.1) is 17.5 Å². The zero-order valence-corrected chi connectivity index (χ0v) is 16.9. The van der Waals surface area contributed by atoms with Gasteiger partial charge in [0, 0.05) is 6.42 Å². The molecule has 0 bridgehead atoms. The molecule has 3 aromatic carbocycles. The van der Waals surface area contributed by atoms with E-state index in [4.69, 9.17) is 4.74 Å². The van der Waals surface area contributed by atoms with Gasteiger partial charge in [-0.1, -0.05) is 66.2 Å². The second-order valence-electron chi connectivity index (χ2n) is 6.80. The first-order chi connectivity index (χ1) is 13.5. The SMILES string of the molecule is Cc1ccc(S(=O)(=O)N[C@@H](CCOc2ccccc2C)c2ccccc2)cc1. The molecule has 5 heteroatoms. The Labute approximate surface area is 167 Å². The van der Waals surface area contributed by atoms with Gasteiger partial charge in [-0.15, -0.1) is 0 Å². The monoisotopic (exact) mass is 395 g/mol. The van der Waals surface area contributed by atoms with Crippen molar-refractivity contribution < 1.29 is 13.2 Å².